The van der Waals surface area contributed by atoms with Gasteiger partial charge in [-0.1, -0.05) is 27.2 Å². The quantitative estimate of drug-likeness (QED) is 0.741. The van der Waals surface area contributed by atoms with Gasteiger partial charge in [0.05, 0.1) is 0 Å². The van der Waals surface area contributed by atoms with Crippen LogP contribution in [0.3, 0.4) is 0 Å². The van der Waals surface area contributed by atoms with E-state index in [2.05, 4.69) is 13.8 Å². The van der Waals surface area contributed by atoms with Crippen LogP contribution in [0.4, 0.5) is 0 Å². The normalized spacial score (nSPS) is 29.3. The number of carbonyl (C=O) groups is 1. The van der Waals surface area contributed by atoms with Gasteiger partial charge in [-0.15, -0.1) is 0 Å². The van der Waals surface area contributed by atoms with Crippen LogP contribution >= 0.6 is 0 Å². The highest BCUT2D eigenvalue weighted by Crippen LogP contribution is 2.18. The van der Waals surface area contributed by atoms with Crippen LogP contribution in [0.2, 0.25) is 0 Å². The molecule has 0 bridgehead atoms. The van der Waals surface area contributed by atoms with E-state index in [-0.39, 0.29) is 17.9 Å². The highest BCUT2D eigenvalue weighted by atomic mass is 16.2. The van der Waals surface area contributed by atoms with Gasteiger partial charge in [-0.2, -0.15) is 0 Å². The number of likely N-dealkylation sites (tertiary alicyclic amines) is 1. The summed E-state index contributed by atoms with van der Waals surface area (Å²) in [6, 6.07) is 0.174. The van der Waals surface area contributed by atoms with Crippen LogP contribution in [0.25, 0.3) is 0 Å². The molecular formula is C11H22N2O. The number of hydrogen-bond acceptors (Lipinski definition) is 2. The van der Waals surface area contributed by atoms with E-state index in [9.17, 15) is 4.79 Å². The molecule has 0 aromatic heterocycles. The Hall–Kier alpha value is -0.570. The standard InChI is InChI=1S/C11H22N2O/c1-4-5-8(2)11(14)13-6-9(3)10(12)7-13/h8-10H,4-7,12H2,1-3H3. The minimum absolute atomic E-state index is 0.164. The van der Waals surface area contributed by atoms with Crippen molar-refractivity contribution in [3.8, 4) is 0 Å². The first-order valence-corrected chi connectivity index (χ1v) is 5.60. The third-order valence-corrected chi connectivity index (χ3v) is 3.13. The Balaban J connectivity index is 2.46. The van der Waals surface area contributed by atoms with Crippen LogP contribution < -0.4 is 5.73 Å². The Kier molecular flexibility index (Phi) is 3.93. The smallest absolute Gasteiger partial charge is 0.225 e. The summed E-state index contributed by atoms with van der Waals surface area (Å²) in [6.07, 6.45) is 2.06. The van der Waals surface area contributed by atoms with E-state index in [0.29, 0.717) is 5.92 Å². The predicted molar refractivity (Wildman–Crippen MR) is 57.8 cm³/mol. The predicted octanol–water partition coefficient (Wildman–Crippen LogP) is 1.23. The maximum Gasteiger partial charge on any atom is 0.225 e. The molecule has 3 atom stereocenters. The minimum Gasteiger partial charge on any atom is -0.341 e. The number of nitrogens with zero attached hydrogens (tertiary/aromatic N) is 1. The van der Waals surface area contributed by atoms with Crippen LogP contribution in [-0.2, 0) is 4.79 Å². The first-order chi connectivity index (χ1) is 6.56. The number of carbonyl (C=O) groups excluding carboxylic acids is 1. The van der Waals surface area contributed by atoms with Gasteiger partial charge >= 0.3 is 0 Å². The maximum atomic E-state index is 11.9. The Morgan fingerprint density at radius 2 is 2.21 bits per heavy atom. The lowest BCUT2D eigenvalue weighted by Gasteiger charge is -2.20. The Bertz CT molecular complexity index is 195. The molecule has 2 N–H and O–H groups in total. The van der Waals surface area contributed by atoms with Crippen molar-refractivity contribution in [2.24, 2.45) is 17.6 Å². The molecule has 1 aliphatic heterocycles. The Labute approximate surface area is 86.6 Å². The van der Waals surface area contributed by atoms with Crippen molar-refractivity contribution < 1.29 is 4.79 Å². The third-order valence-electron chi connectivity index (χ3n) is 3.13. The van der Waals surface area contributed by atoms with Crippen LogP contribution in [0.1, 0.15) is 33.6 Å². The van der Waals surface area contributed by atoms with E-state index in [4.69, 9.17) is 5.73 Å². The molecule has 0 spiro atoms. The molecule has 1 aliphatic rings. The monoisotopic (exact) mass is 198 g/mol. The highest BCUT2D eigenvalue weighted by Gasteiger charge is 2.31. The zero-order valence-corrected chi connectivity index (χ0v) is 9.49. The molecule has 1 fully saturated rings. The van der Waals surface area contributed by atoms with Crippen LogP contribution in [0.15, 0.2) is 0 Å². The number of rotatable bonds is 3. The number of hydrogen-bond donors (Lipinski definition) is 1. The van der Waals surface area contributed by atoms with Gasteiger partial charge in [0.25, 0.3) is 0 Å². The SMILES string of the molecule is CCCC(C)C(=O)N1CC(C)C(N)C1. The van der Waals surface area contributed by atoms with Crippen molar-refractivity contribution in [3.63, 3.8) is 0 Å². The van der Waals surface area contributed by atoms with Crippen molar-refractivity contribution in [2.75, 3.05) is 13.1 Å². The van der Waals surface area contributed by atoms with E-state index < -0.39 is 0 Å². The van der Waals surface area contributed by atoms with E-state index in [1.807, 2.05) is 11.8 Å². The average molecular weight is 198 g/mol. The molecule has 0 saturated carbocycles. The second-order valence-corrected chi connectivity index (χ2v) is 4.57. The van der Waals surface area contributed by atoms with E-state index in [1.54, 1.807) is 0 Å². The topological polar surface area (TPSA) is 46.3 Å². The second kappa shape index (κ2) is 4.78. The van der Waals surface area contributed by atoms with Crippen LogP contribution in [0.5, 0.6) is 0 Å². The van der Waals surface area contributed by atoms with Gasteiger partial charge < -0.3 is 10.6 Å². The average Bonchev–Trinajstić information content (AvgIpc) is 2.46. The minimum atomic E-state index is 0.164. The molecule has 82 valence electrons. The third kappa shape index (κ3) is 2.47. The summed E-state index contributed by atoms with van der Waals surface area (Å²) in [5.41, 5.74) is 5.89. The van der Waals surface area contributed by atoms with Crippen molar-refractivity contribution in [1.29, 1.82) is 0 Å². The lowest BCUT2D eigenvalue weighted by molar-refractivity contribution is -0.134. The van der Waals surface area contributed by atoms with Gasteiger partial charge in [0.15, 0.2) is 0 Å². The number of nitrogens with two attached hydrogens (primary N) is 1. The molecule has 1 amide bonds. The van der Waals surface area contributed by atoms with Crippen LogP contribution in [-0.4, -0.2) is 29.9 Å². The summed E-state index contributed by atoms with van der Waals surface area (Å²) in [4.78, 5) is 13.8. The van der Waals surface area contributed by atoms with Gasteiger partial charge in [0, 0.05) is 25.0 Å². The van der Waals surface area contributed by atoms with Crippen molar-refractivity contribution in [3.05, 3.63) is 0 Å². The first-order valence-electron chi connectivity index (χ1n) is 5.60. The summed E-state index contributed by atoms with van der Waals surface area (Å²) in [5, 5.41) is 0. The summed E-state index contributed by atoms with van der Waals surface area (Å²) in [7, 11) is 0. The van der Waals surface area contributed by atoms with Crippen molar-refractivity contribution in [1.82, 2.24) is 4.90 Å². The van der Waals surface area contributed by atoms with E-state index in [1.165, 1.54) is 0 Å². The fourth-order valence-corrected chi connectivity index (χ4v) is 2.04. The molecule has 1 saturated heterocycles. The molecule has 1 heterocycles. The van der Waals surface area contributed by atoms with E-state index in [0.717, 1.165) is 25.9 Å². The lowest BCUT2D eigenvalue weighted by atomic mass is 10.1. The molecule has 1 rings (SSSR count). The summed E-state index contributed by atoms with van der Waals surface area (Å²) >= 11 is 0. The molecule has 0 aliphatic carbocycles. The molecule has 14 heavy (non-hydrogen) atoms. The highest BCUT2D eigenvalue weighted by molar-refractivity contribution is 5.78. The molecule has 3 unspecified atom stereocenters. The number of amides is 1. The fraction of sp³-hybridized carbons (Fsp3) is 0.909. The van der Waals surface area contributed by atoms with Gasteiger partial charge in [0.2, 0.25) is 5.91 Å². The summed E-state index contributed by atoms with van der Waals surface area (Å²) < 4.78 is 0. The van der Waals surface area contributed by atoms with E-state index >= 15 is 0 Å². The zero-order valence-electron chi connectivity index (χ0n) is 9.49. The first kappa shape index (κ1) is 11.5. The molecule has 3 nitrogen and oxygen atoms in total. The van der Waals surface area contributed by atoms with Gasteiger partial charge in [0.1, 0.15) is 0 Å². The molecule has 0 radical (unpaired) electrons. The largest absolute Gasteiger partial charge is 0.341 e. The Morgan fingerprint density at radius 1 is 1.57 bits per heavy atom. The summed E-state index contributed by atoms with van der Waals surface area (Å²) in [6.45, 7) is 7.83. The summed E-state index contributed by atoms with van der Waals surface area (Å²) in [5.74, 6) is 0.900. The zero-order chi connectivity index (χ0) is 10.7. The van der Waals surface area contributed by atoms with Gasteiger partial charge in [-0.05, 0) is 12.3 Å². The Morgan fingerprint density at radius 3 is 2.64 bits per heavy atom. The fourth-order valence-electron chi connectivity index (χ4n) is 2.04. The molecule has 0 aromatic rings. The van der Waals surface area contributed by atoms with Gasteiger partial charge in [-0.3, -0.25) is 4.79 Å². The van der Waals surface area contributed by atoms with Gasteiger partial charge in [-0.25, -0.2) is 0 Å². The second-order valence-electron chi connectivity index (χ2n) is 4.57. The molecular weight excluding hydrogens is 176 g/mol. The maximum absolute atomic E-state index is 11.9. The van der Waals surface area contributed by atoms with Crippen LogP contribution in [0, 0.1) is 11.8 Å². The van der Waals surface area contributed by atoms with Crippen molar-refractivity contribution in [2.45, 2.75) is 39.7 Å². The van der Waals surface area contributed by atoms with Crippen molar-refractivity contribution >= 4 is 5.91 Å². The molecule has 0 aromatic carbocycles. The molecule has 3 heteroatoms. The lowest BCUT2D eigenvalue weighted by Crippen LogP contribution is -2.35.